The van der Waals surface area contributed by atoms with E-state index in [1.54, 1.807) is 0 Å². The van der Waals surface area contributed by atoms with Gasteiger partial charge in [-0.15, -0.1) is 0 Å². The Morgan fingerprint density at radius 1 is 1.30 bits per heavy atom. The van der Waals surface area contributed by atoms with E-state index in [0.717, 1.165) is 51.2 Å². The van der Waals surface area contributed by atoms with Crippen LogP contribution < -0.4 is 5.73 Å². The van der Waals surface area contributed by atoms with E-state index in [9.17, 15) is 4.79 Å². The van der Waals surface area contributed by atoms with E-state index < -0.39 is 0 Å². The van der Waals surface area contributed by atoms with Gasteiger partial charge in [-0.1, -0.05) is 40.0 Å². The second-order valence-electron chi connectivity index (χ2n) is 7.19. The van der Waals surface area contributed by atoms with Crippen LogP contribution in [0, 0.1) is 11.3 Å². The van der Waals surface area contributed by atoms with Crippen molar-refractivity contribution in [2.75, 3.05) is 19.6 Å². The molecule has 1 aliphatic heterocycles. The van der Waals surface area contributed by atoms with Gasteiger partial charge in [0.2, 0.25) is 5.91 Å². The van der Waals surface area contributed by atoms with Gasteiger partial charge in [-0.25, -0.2) is 0 Å². The summed E-state index contributed by atoms with van der Waals surface area (Å²) in [4.78, 5) is 14.2. The van der Waals surface area contributed by atoms with Gasteiger partial charge in [-0.2, -0.15) is 0 Å². The summed E-state index contributed by atoms with van der Waals surface area (Å²) in [6, 6.07) is 0. The molecule has 1 heterocycles. The van der Waals surface area contributed by atoms with Gasteiger partial charge in [0.15, 0.2) is 0 Å². The third kappa shape index (κ3) is 6.25. The highest BCUT2D eigenvalue weighted by Crippen LogP contribution is 2.24. The van der Waals surface area contributed by atoms with E-state index in [-0.39, 0.29) is 5.41 Å². The Bertz CT molecular complexity index is 289. The molecular weight excluding hydrogens is 248 g/mol. The highest BCUT2D eigenvalue weighted by Gasteiger charge is 2.22. The number of carbonyl (C=O) groups is 1. The fraction of sp³-hybridized carbons (Fsp3) is 0.941. The van der Waals surface area contributed by atoms with Crippen molar-refractivity contribution in [3.8, 4) is 0 Å². The summed E-state index contributed by atoms with van der Waals surface area (Å²) >= 11 is 0. The number of nitrogens with zero attached hydrogens (tertiary/aromatic N) is 1. The SMILES string of the molecule is CCCC1CCC(=O)N(CCCCC(C)(C)CN)CC1. The Kier molecular flexibility index (Phi) is 7.57. The molecule has 0 aromatic rings. The molecule has 1 unspecified atom stereocenters. The van der Waals surface area contributed by atoms with Crippen LogP contribution in [0.2, 0.25) is 0 Å². The molecule has 1 saturated heterocycles. The average Bonchev–Trinajstić information content (AvgIpc) is 2.59. The van der Waals surface area contributed by atoms with Crippen LogP contribution in [0.1, 0.15) is 72.1 Å². The highest BCUT2D eigenvalue weighted by atomic mass is 16.2. The number of hydrogen-bond donors (Lipinski definition) is 1. The number of unbranched alkanes of at least 4 members (excludes halogenated alkanes) is 1. The molecule has 118 valence electrons. The predicted molar refractivity (Wildman–Crippen MR) is 85.5 cm³/mol. The Hall–Kier alpha value is -0.570. The molecule has 1 fully saturated rings. The summed E-state index contributed by atoms with van der Waals surface area (Å²) in [7, 11) is 0. The van der Waals surface area contributed by atoms with Gasteiger partial charge in [0.1, 0.15) is 0 Å². The first-order valence-corrected chi connectivity index (χ1v) is 8.46. The molecule has 20 heavy (non-hydrogen) atoms. The Balaban J connectivity index is 2.27. The van der Waals surface area contributed by atoms with Crippen LogP contribution in [0.15, 0.2) is 0 Å². The fourth-order valence-corrected chi connectivity index (χ4v) is 3.03. The minimum atomic E-state index is 0.245. The van der Waals surface area contributed by atoms with E-state index in [4.69, 9.17) is 5.73 Å². The molecule has 3 nitrogen and oxygen atoms in total. The van der Waals surface area contributed by atoms with Gasteiger partial charge in [0, 0.05) is 19.5 Å². The minimum Gasteiger partial charge on any atom is -0.343 e. The molecule has 1 rings (SSSR count). The first-order valence-electron chi connectivity index (χ1n) is 8.46. The third-order valence-corrected chi connectivity index (χ3v) is 4.71. The number of hydrogen-bond acceptors (Lipinski definition) is 2. The molecule has 0 aromatic carbocycles. The van der Waals surface area contributed by atoms with Crippen molar-refractivity contribution in [1.82, 2.24) is 4.90 Å². The number of carbonyl (C=O) groups excluding carboxylic acids is 1. The van der Waals surface area contributed by atoms with Crippen molar-refractivity contribution >= 4 is 5.91 Å². The lowest BCUT2D eigenvalue weighted by atomic mass is 9.87. The van der Waals surface area contributed by atoms with E-state index >= 15 is 0 Å². The Morgan fingerprint density at radius 3 is 2.70 bits per heavy atom. The van der Waals surface area contributed by atoms with Crippen LogP contribution in [0.5, 0.6) is 0 Å². The van der Waals surface area contributed by atoms with Crippen LogP contribution in [-0.4, -0.2) is 30.4 Å². The summed E-state index contributed by atoms with van der Waals surface area (Å²) < 4.78 is 0. The van der Waals surface area contributed by atoms with E-state index in [1.165, 1.54) is 25.7 Å². The quantitative estimate of drug-likeness (QED) is 0.692. The largest absolute Gasteiger partial charge is 0.343 e. The summed E-state index contributed by atoms with van der Waals surface area (Å²) in [6.07, 6.45) is 9.04. The number of likely N-dealkylation sites (tertiary alicyclic amines) is 1. The Labute approximate surface area is 125 Å². The van der Waals surface area contributed by atoms with Crippen LogP contribution in [0.4, 0.5) is 0 Å². The monoisotopic (exact) mass is 282 g/mol. The van der Waals surface area contributed by atoms with Crippen molar-refractivity contribution in [2.45, 2.75) is 72.1 Å². The fourth-order valence-electron chi connectivity index (χ4n) is 3.03. The predicted octanol–water partition coefficient (Wildman–Crippen LogP) is 3.57. The zero-order chi connectivity index (χ0) is 15.0. The summed E-state index contributed by atoms with van der Waals surface area (Å²) in [5.41, 5.74) is 6.00. The topological polar surface area (TPSA) is 46.3 Å². The van der Waals surface area contributed by atoms with Crippen LogP contribution >= 0.6 is 0 Å². The van der Waals surface area contributed by atoms with Crippen molar-refractivity contribution in [2.24, 2.45) is 17.1 Å². The molecule has 0 aliphatic carbocycles. The number of nitrogens with two attached hydrogens (primary N) is 1. The first kappa shape index (κ1) is 17.5. The van der Waals surface area contributed by atoms with Gasteiger partial charge in [-0.05, 0) is 43.6 Å². The molecule has 1 amide bonds. The van der Waals surface area contributed by atoms with Gasteiger partial charge < -0.3 is 10.6 Å². The summed E-state index contributed by atoms with van der Waals surface area (Å²) in [5, 5.41) is 0. The summed E-state index contributed by atoms with van der Waals surface area (Å²) in [5.74, 6) is 1.15. The molecule has 2 N–H and O–H groups in total. The smallest absolute Gasteiger partial charge is 0.222 e. The van der Waals surface area contributed by atoms with Gasteiger partial charge in [0.25, 0.3) is 0 Å². The first-order chi connectivity index (χ1) is 9.48. The van der Waals surface area contributed by atoms with E-state index in [0.29, 0.717) is 5.91 Å². The maximum atomic E-state index is 12.1. The van der Waals surface area contributed by atoms with Crippen molar-refractivity contribution in [1.29, 1.82) is 0 Å². The van der Waals surface area contributed by atoms with Gasteiger partial charge in [0.05, 0.1) is 0 Å². The molecule has 0 saturated carbocycles. The van der Waals surface area contributed by atoms with Crippen LogP contribution in [0.3, 0.4) is 0 Å². The molecule has 0 radical (unpaired) electrons. The van der Waals surface area contributed by atoms with Gasteiger partial charge >= 0.3 is 0 Å². The highest BCUT2D eigenvalue weighted by molar-refractivity contribution is 5.76. The maximum absolute atomic E-state index is 12.1. The van der Waals surface area contributed by atoms with Gasteiger partial charge in [-0.3, -0.25) is 4.79 Å². The molecule has 0 spiro atoms. The molecule has 1 aliphatic rings. The molecular formula is C17H34N2O. The second kappa shape index (κ2) is 8.66. The lowest BCUT2D eigenvalue weighted by Gasteiger charge is -2.24. The lowest BCUT2D eigenvalue weighted by molar-refractivity contribution is -0.130. The van der Waals surface area contributed by atoms with Crippen molar-refractivity contribution in [3.63, 3.8) is 0 Å². The maximum Gasteiger partial charge on any atom is 0.222 e. The number of rotatable bonds is 8. The van der Waals surface area contributed by atoms with Crippen LogP contribution in [0.25, 0.3) is 0 Å². The second-order valence-corrected chi connectivity index (χ2v) is 7.19. The van der Waals surface area contributed by atoms with E-state index in [1.807, 2.05) is 0 Å². The van der Waals surface area contributed by atoms with Crippen LogP contribution in [-0.2, 0) is 4.79 Å². The number of amides is 1. The average molecular weight is 282 g/mol. The normalized spacial score (nSPS) is 21.1. The summed E-state index contributed by atoms with van der Waals surface area (Å²) in [6.45, 7) is 9.35. The zero-order valence-electron chi connectivity index (χ0n) is 13.8. The third-order valence-electron chi connectivity index (χ3n) is 4.71. The van der Waals surface area contributed by atoms with Crippen molar-refractivity contribution < 1.29 is 4.79 Å². The standard InChI is InChI=1S/C17H34N2O/c1-4-7-15-8-9-16(20)19(13-10-15)12-6-5-11-17(2,3)14-18/h15H,4-14,18H2,1-3H3. The molecule has 0 bridgehead atoms. The minimum absolute atomic E-state index is 0.245. The zero-order valence-corrected chi connectivity index (χ0v) is 13.8. The molecule has 1 atom stereocenters. The Morgan fingerprint density at radius 2 is 2.05 bits per heavy atom. The van der Waals surface area contributed by atoms with Crippen molar-refractivity contribution in [3.05, 3.63) is 0 Å². The lowest BCUT2D eigenvalue weighted by Crippen LogP contribution is -2.31. The van der Waals surface area contributed by atoms with E-state index in [2.05, 4.69) is 25.7 Å². The molecule has 3 heteroatoms. The molecule has 0 aromatic heterocycles.